The zero-order chi connectivity index (χ0) is 33.4. The van der Waals surface area contributed by atoms with Gasteiger partial charge >= 0.3 is 5.91 Å². The van der Waals surface area contributed by atoms with Crippen molar-refractivity contribution in [1.82, 2.24) is 39.2 Å². The van der Waals surface area contributed by atoms with E-state index in [0.717, 1.165) is 12.6 Å². The van der Waals surface area contributed by atoms with Gasteiger partial charge in [-0.1, -0.05) is 17.9 Å². The van der Waals surface area contributed by atoms with E-state index in [1.807, 2.05) is 6.92 Å². The maximum Gasteiger partial charge on any atom is 0.305 e. The summed E-state index contributed by atoms with van der Waals surface area (Å²) in [7, 11) is 1.75. The van der Waals surface area contributed by atoms with Crippen LogP contribution in [0.1, 0.15) is 57.7 Å². The molecule has 0 aliphatic carbocycles. The van der Waals surface area contributed by atoms with E-state index >= 15 is 0 Å². The second kappa shape index (κ2) is 11.8. The second-order valence-electron chi connectivity index (χ2n) is 10.1. The number of nitrogens with zero attached hydrogens (tertiary/aromatic N) is 7. The number of anilines is 1. The Hall–Kier alpha value is -6.63. The highest BCUT2D eigenvalue weighted by Crippen LogP contribution is 2.22. The minimum Gasteiger partial charge on any atom is -0.509 e. The molecule has 0 radical (unpaired) electrons. The molecular weight excluding hydrogens is 598 g/mol. The molecule has 0 aliphatic heterocycles. The Morgan fingerprint density at radius 1 is 1.04 bits per heavy atom. The lowest BCUT2D eigenvalue weighted by molar-refractivity contribution is 0.0862. The van der Waals surface area contributed by atoms with Crippen LogP contribution in [0.15, 0.2) is 70.7 Å². The number of carbonyl (C=O) groups excluding carboxylic acids is 2. The van der Waals surface area contributed by atoms with Gasteiger partial charge < -0.3 is 31.5 Å². The molecule has 7 N–H and O–H groups in total. The van der Waals surface area contributed by atoms with E-state index in [9.17, 15) is 34.8 Å². The average molecular weight is 626 g/mol. The van der Waals surface area contributed by atoms with Crippen LogP contribution < -0.4 is 16.6 Å². The fraction of sp³-hybridized carbons (Fsp3) is 0.167. The highest BCUT2D eigenvalue weighted by Gasteiger charge is 2.29. The van der Waals surface area contributed by atoms with Crippen molar-refractivity contribution < 1.29 is 30.0 Å². The standard InChI is InChI=1S/C30H27N9O7/c1-14(34-28(44)21-25(31)36-38-12-6-11-32-27(21)38)26-35-19-8-5-7-17(9-10-18-13-33-37(4)15(18)2)20(19)29(45)39(26)30(46)24(43)23(42)22(41)16(3)40/h5-8,11-14,40-43H,1-4H3,(H2,31,36)(H,34,44)/b22-16?,24-23-. The minimum atomic E-state index is -1.52. The van der Waals surface area contributed by atoms with Crippen molar-refractivity contribution in [2.24, 2.45) is 7.05 Å². The summed E-state index contributed by atoms with van der Waals surface area (Å²) in [5, 5.41) is 51.2. The van der Waals surface area contributed by atoms with Crippen LogP contribution in [0.5, 0.6) is 0 Å². The highest BCUT2D eigenvalue weighted by molar-refractivity contribution is 6.04. The maximum atomic E-state index is 14.1. The molecule has 5 aromatic rings. The van der Waals surface area contributed by atoms with Crippen molar-refractivity contribution in [2.45, 2.75) is 26.8 Å². The fourth-order valence-electron chi connectivity index (χ4n) is 4.54. The first-order chi connectivity index (χ1) is 21.8. The molecule has 0 saturated carbocycles. The van der Waals surface area contributed by atoms with Crippen LogP contribution in [0.25, 0.3) is 16.6 Å². The summed E-state index contributed by atoms with van der Waals surface area (Å²) in [5.41, 5.74) is 6.66. The number of hydrogen-bond acceptors (Lipinski definition) is 12. The highest BCUT2D eigenvalue weighted by atomic mass is 16.4. The minimum absolute atomic E-state index is 0.0782. The van der Waals surface area contributed by atoms with Gasteiger partial charge in [-0.3, -0.25) is 19.1 Å². The van der Waals surface area contributed by atoms with Crippen molar-refractivity contribution in [1.29, 1.82) is 0 Å². The molecule has 1 atom stereocenters. The van der Waals surface area contributed by atoms with Gasteiger partial charge in [0.2, 0.25) is 11.5 Å². The number of aliphatic hydroxyl groups is 4. The molecule has 16 heteroatoms. The summed E-state index contributed by atoms with van der Waals surface area (Å²) in [6.07, 6.45) is 4.53. The molecule has 4 aromatic heterocycles. The van der Waals surface area contributed by atoms with Crippen LogP contribution in [-0.2, 0) is 7.05 Å². The van der Waals surface area contributed by atoms with Crippen molar-refractivity contribution in [3.8, 4) is 11.8 Å². The number of hydrogen-bond donors (Lipinski definition) is 6. The number of fused-ring (bicyclic) bond motifs is 2. The zero-order valence-corrected chi connectivity index (χ0v) is 24.8. The number of nitrogens with two attached hydrogens (primary N) is 1. The SMILES string of the molecule is CC(O)=C(O)/C(O)=C(/O)C(=O)n1c(C(C)NC(=O)c2c(N)nn3cccnc23)nc2cccc(C#Cc3cnn(C)c3C)c2c1=O. The van der Waals surface area contributed by atoms with Gasteiger partial charge in [0.1, 0.15) is 17.1 Å². The number of benzene rings is 1. The first kappa shape index (κ1) is 30.8. The van der Waals surface area contributed by atoms with Gasteiger partial charge in [-0.25, -0.2) is 19.1 Å². The van der Waals surface area contributed by atoms with Crippen molar-refractivity contribution in [3.05, 3.63) is 104 Å². The Bertz CT molecular complexity index is 2260. The lowest BCUT2D eigenvalue weighted by atomic mass is 10.1. The number of carbonyl (C=O) groups is 2. The third-order valence-corrected chi connectivity index (χ3v) is 7.07. The number of nitrogen functional groups attached to an aromatic ring is 1. The predicted octanol–water partition coefficient (Wildman–Crippen LogP) is 2.27. The molecule has 1 amide bonds. The predicted molar refractivity (Wildman–Crippen MR) is 164 cm³/mol. The summed E-state index contributed by atoms with van der Waals surface area (Å²) >= 11 is 0. The molecule has 0 fully saturated rings. The Kier molecular flexibility index (Phi) is 7.91. The van der Waals surface area contributed by atoms with Gasteiger partial charge in [0, 0.05) is 25.0 Å². The summed E-state index contributed by atoms with van der Waals surface area (Å²) < 4.78 is 3.35. The molecule has 1 unspecified atom stereocenters. The number of amides is 1. The third kappa shape index (κ3) is 5.32. The van der Waals surface area contributed by atoms with E-state index in [1.54, 1.807) is 30.1 Å². The molecule has 1 aromatic carbocycles. The van der Waals surface area contributed by atoms with Gasteiger partial charge in [0.15, 0.2) is 17.2 Å². The van der Waals surface area contributed by atoms with Gasteiger partial charge in [0.05, 0.1) is 34.4 Å². The zero-order valence-electron chi connectivity index (χ0n) is 24.8. The lowest BCUT2D eigenvalue weighted by Crippen LogP contribution is -2.38. The number of aromatic nitrogens is 7. The van der Waals surface area contributed by atoms with Crippen LogP contribution >= 0.6 is 0 Å². The molecule has 0 bridgehead atoms. The molecule has 5 rings (SSSR count). The van der Waals surface area contributed by atoms with Crippen molar-refractivity contribution in [2.75, 3.05) is 5.73 Å². The van der Waals surface area contributed by atoms with E-state index in [0.29, 0.717) is 10.1 Å². The quantitative estimate of drug-likeness (QED) is 0.0714. The number of allylic oxidation sites excluding steroid dienone is 2. The van der Waals surface area contributed by atoms with Gasteiger partial charge in [-0.2, -0.15) is 5.10 Å². The Balaban J connectivity index is 1.70. The van der Waals surface area contributed by atoms with E-state index in [-0.39, 0.29) is 39.3 Å². The molecule has 234 valence electrons. The normalized spacial score (nSPS) is 13.0. The van der Waals surface area contributed by atoms with E-state index in [2.05, 4.69) is 37.3 Å². The number of rotatable bonds is 5. The van der Waals surface area contributed by atoms with Crippen molar-refractivity contribution >= 4 is 34.2 Å². The second-order valence-corrected chi connectivity index (χ2v) is 10.1. The van der Waals surface area contributed by atoms with Crippen LogP contribution in [0.3, 0.4) is 0 Å². The maximum absolute atomic E-state index is 14.1. The van der Waals surface area contributed by atoms with Gasteiger partial charge in [0.25, 0.3) is 11.5 Å². The smallest absolute Gasteiger partial charge is 0.305 e. The Morgan fingerprint density at radius 2 is 1.76 bits per heavy atom. The van der Waals surface area contributed by atoms with Gasteiger partial charge in [-0.05, 0) is 39.0 Å². The summed E-state index contributed by atoms with van der Waals surface area (Å²) in [4.78, 5) is 49.7. The first-order valence-corrected chi connectivity index (χ1v) is 13.5. The average Bonchev–Trinajstić information content (AvgIpc) is 3.54. The van der Waals surface area contributed by atoms with Crippen LogP contribution in [-0.4, -0.2) is 66.2 Å². The van der Waals surface area contributed by atoms with E-state index in [4.69, 9.17) is 5.73 Å². The number of aliphatic hydroxyl groups excluding tert-OH is 4. The van der Waals surface area contributed by atoms with Gasteiger partial charge in [-0.15, -0.1) is 5.10 Å². The molecule has 4 heterocycles. The summed E-state index contributed by atoms with van der Waals surface area (Å²) in [6.45, 7) is 4.22. The van der Waals surface area contributed by atoms with E-state index in [1.165, 1.54) is 36.0 Å². The topological polar surface area (TPSA) is 236 Å². The lowest BCUT2D eigenvalue weighted by Gasteiger charge is -2.19. The summed E-state index contributed by atoms with van der Waals surface area (Å²) in [5.74, 6) is -1.85. The monoisotopic (exact) mass is 625 g/mol. The van der Waals surface area contributed by atoms with Crippen LogP contribution in [0, 0.1) is 18.8 Å². The van der Waals surface area contributed by atoms with Crippen LogP contribution in [0.4, 0.5) is 5.82 Å². The largest absolute Gasteiger partial charge is 0.509 e. The molecular formula is C30H27N9O7. The molecule has 0 aliphatic rings. The fourth-order valence-corrected chi connectivity index (χ4v) is 4.54. The Morgan fingerprint density at radius 3 is 2.43 bits per heavy atom. The Labute approximate surface area is 259 Å². The molecule has 16 nitrogen and oxygen atoms in total. The van der Waals surface area contributed by atoms with Crippen molar-refractivity contribution in [3.63, 3.8) is 0 Å². The molecule has 46 heavy (non-hydrogen) atoms. The first-order valence-electron chi connectivity index (χ1n) is 13.5. The molecule has 0 saturated heterocycles. The third-order valence-electron chi connectivity index (χ3n) is 7.07. The van der Waals surface area contributed by atoms with E-state index < -0.39 is 46.5 Å². The molecule has 0 spiro atoms. The number of nitrogens with one attached hydrogen (secondary N) is 1. The summed E-state index contributed by atoms with van der Waals surface area (Å²) in [6, 6.07) is 4.99. The van der Waals surface area contributed by atoms with Crippen LogP contribution in [0.2, 0.25) is 0 Å². The number of aryl methyl sites for hydroxylation is 1.